The van der Waals surface area contributed by atoms with Crippen molar-refractivity contribution in [3.63, 3.8) is 0 Å². The third-order valence-corrected chi connectivity index (χ3v) is 5.76. The van der Waals surface area contributed by atoms with Gasteiger partial charge in [0, 0.05) is 26.2 Å². The summed E-state index contributed by atoms with van der Waals surface area (Å²) in [4.78, 5) is 0. The van der Waals surface area contributed by atoms with Gasteiger partial charge >= 0.3 is 0 Å². The van der Waals surface area contributed by atoms with Crippen LogP contribution in [0, 0.1) is 0 Å². The molecule has 1 aliphatic carbocycles. The van der Waals surface area contributed by atoms with Crippen molar-refractivity contribution in [3.8, 4) is 0 Å². The van der Waals surface area contributed by atoms with Crippen LogP contribution in [0.4, 0.5) is 0 Å². The van der Waals surface area contributed by atoms with Crippen molar-refractivity contribution in [2.75, 3.05) is 20.2 Å². The Kier molecular flexibility index (Phi) is 5.62. The Balaban J connectivity index is 1.75. The lowest BCUT2D eigenvalue weighted by Gasteiger charge is -2.25. The molecule has 6 heteroatoms. The summed E-state index contributed by atoms with van der Waals surface area (Å²) in [6.45, 7) is 1.36. The molecule has 1 N–H and O–H groups in total. The second kappa shape index (κ2) is 7.02. The molecule has 1 saturated carbocycles. The van der Waals surface area contributed by atoms with E-state index in [9.17, 15) is 8.42 Å². The number of hydrogen-bond acceptors (Lipinski definition) is 3. The molecule has 5 nitrogen and oxygen atoms in total. The van der Waals surface area contributed by atoms with Crippen LogP contribution in [0.1, 0.15) is 51.4 Å². The highest BCUT2D eigenvalue weighted by atomic mass is 32.2. The summed E-state index contributed by atoms with van der Waals surface area (Å²) < 4.78 is 34.1. The predicted molar refractivity (Wildman–Crippen MR) is 75.1 cm³/mol. The molecule has 0 bridgehead atoms. The van der Waals surface area contributed by atoms with Crippen LogP contribution in [0.5, 0.6) is 0 Å². The van der Waals surface area contributed by atoms with Crippen molar-refractivity contribution in [2.45, 2.75) is 63.5 Å². The molecule has 1 unspecified atom stereocenters. The van der Waals surface area contributed by atoms with Crippen molar-refractivity contribution in [2.24, 2.45) is 0 Å². The minimum atomic E-state index is -3.32. The molecule has 2 fully saturated rings. The van der Waals surface area contributed by atoms with Crippen molar-refractivity contribution in [3.05, 3.63) is 0 Å². The Bertz CT molecular complexity index is 360. The van der Waals surface area contributed by atoms with Crippen molar-refractivity contribution in [1.82, 2.24) is 9.03 Å². The Morgan fingerprint density at radius 1 is 1.16 bits per heavy atom. The molecular formula is C13H26N2O3S. The van der Waals surface area contributed by atoms with Crippen LogP contribution < -0.4 is 4.72 Å². The zero-order chi connectivity index (χ0) is 13.7. The molecule has 2 aliphatic rings. The SMILES string of the molecule is CN(CCC1CCCCO1)S(=O)(=O)NC1CCCC1. The average molecular weight is 290 g/mol. The van der Waals surface area contributed by atoms with Gasteiger partial charge in [-0.05, 0) is 38.5 Å². The fraction of sp³-hybridized carbons (Fsp3) is 1.00. The molecule has 1 aliphatic heterocycles. The van der Waals surface area contributed by atoms with Gasteiger partial charge in [-0.1, -0.05) is 12.8 Å². The molecule has 0 amide bonds. The zero-order valence-electron chi connectivity index (χ0n) is 11.8. The Hall–Kier alpha value is -0.170. The van der Waals surface area contributed by atoms with Crippen LogP contribution in [0.15, 0.2) is 0 Å². The summed E-state index contributed by atoms with van der Waals surface area (Å²) >= 11 is 0. The fourth-order valence-electron chi connectivity index (χ4n) is 2.83. The van der Waals surface area contributed by atoms with Crippen LogP contribution >= 0.6 is 0 Å². The largest absolute Gasteiger partial charge is 0.378 e. The first-order valence-corrected chi connectivity index (χ1v) is 8.87. The Labute approximate surface area is 116 Å². The van der Waals surface area contributed by atoms with Gasteiger partial charge in [-0.25, -0.2) is 0 Å². The van der Waals surface area contributed by atoms with Crippen molar-refractivity contribution in [1.29, 1.82) is 0 Å². The monoisotopic (exact) mass is 290 g/mol. The molecule has 0 aromatic carbocycles. The van der Waals surface area contributed by atoms with E-state index in [4.69, 9.17) is 4.74 Å². The first-order valence-electron chi connectivity index (χ1n) is 7.43. The van der Waals surface area contributed by atoms with Gasteiger partial charge in [-0.15, -0.1) is 0 Å². The molecular weight excluding hydrogens is 264 g/mol. The van der Waals surface area contributed by atoms with E-state index >= 15 is 0 Å². The maximum Gasteiger partial charge on any atom is 0.279 e. The minimum absolute atomic E-state index is 0.137. The van der Waals surface area contributed by atoms with Crippen LogP contribution in [0.3, 0.4) is 0 Å². The maximum atomic E-state index is 12.1. The molecule has 0 spiro atoms. The second-order valence-corrected chi connectivity index (χ2v) is 7.51. The van der Waals surface area contributed by atoms with E-state index in [1.807, 2.05) is 0 Å². The molecule has 1 saturated heterocycles. The lowest BCUT2D eigenvalue weighted by molar-refractivity contribution is 0.00946. The highest BCUT2D eigenvalue weighted by molar-refractivity contribution is 7.87. The van der Waals surface area contributed by atoms with E-state index in [0.717, 1.165) is 51.6 Å². The van der Waals surface area contributed by atoms with Gasteiger partial charge in [-0.3, -0.25) is 0 Å². The molecule has 19 heavy (non-hydrogen) atoms. The smallest absolute Gasteiger partial charge is 0.279 e. The second-order valence-electron chi connectivity index (χ2n) is 5.70. The number of ether oxygens (including phenoxy) is 1. The highest BCUT2D eigenvalue weighted by Gasteiger charge is 2.25. The first kappa shape index (κ1) is 15.2. The summed E-state index contributed by atoms with van der Waals surface area (Å²) in [6, 6.07) is 0.137. The summed E-state index contributed by atoms with van der Waals surface area (Å²) in [7, 11) is -1.66. The van der Waals surface area contributed by atoms with Crippen LogP contribution in [-0.2, 0) is 14.9 Å². The van der Waals surface area contributed by atoms with Gasteiger partial charge in [0.25, 0.3) is 10.2 Å². The van der Waals surface area contributed by atoms with E-state index < -0.39 is 10.2 Å². The summed E-state index contributed by atoms with van der Waals surface area (Å²) in [5, 5.41) is 0. The first-order chi connectivity index (χ1) is 9.08. The molecule has 112 valence electrons. The van der Waals surface area contributed by atoms with Gasteiger partial charge in [0.1, 0.15) is 0 Å². The third kappa shape index (κ3) is 4.70. The maximum absolute atomic E-state index is 12.1. The minimum Gasteiger partial charge on any atom is -0.378 e. The third-order valence-electron chi connectivity index (χ3n) is 4.12. The Morgan fingerprint density at radius 2 is 1.84 bits per heavy atom. The van der Waals surface area contributed by atoms with Gasteiger partial charge in [-0.2, -0.15) is 17.4 Å². The van der Waals surface area contributed by atoms with Crippen LogP contribution in [0.25, 0.3) is 0 Å². The number of rotatable bonds is 6. The molecule has 0 aromatic rings. The molecule has 0 aromatic heterocycles. The lowest BCUT2D eigenvalue weighted by Crippen LogP contribution is -2.43. The quantitative estimate of drug-likeness (QED) is 0.809. The van der Waals surface area contributed by atoms with E-state index in [2.05, 4.69) is 4.72 Å². The summed E-state index contributed by atoms with van der Waals surface area (Å²) in [5.41, 5.74) is 0. The number of nitrogens with zero attached hydrogens (tertiary/aromatic N) is 1. The van der Waals surface area contributed by atoms with Crippen molar-refractivity contribution >= 4 is 10.2 Å². The average Bonchev–Trinajstić information content (AvgIpc) is 2.89. The zero-order valence-corrected chi connectivity index (χ0v) is 12.6. The van der Waals surface area contributed by atoms with Crippen molar-refractivity contribution < 1.29 is 13.2 Å². The Morgan fingerprint density at radius 3 is 2.47 bits per heavy atom. The molecule has 1 heterocycles. The predicted octanol–water partition coefficient (Wildman–Crippen LogP) is 1.65. The van der Waals surface area contributed by atoms with Crippen LogP contribution in [-0.4, -0.2) is 45.1 Å². The van der Waals surface area contributed by atoms with Gasteiger partial charge < -0.3 is 4.74 Å². The standard InChI is InChI=1S/C13H26N2O3S/c1-15(10-9-13-8-4-5-11-18-13)19(16,17)14-12-6-2-3-7-12/h12-14H,2-11H2,1H3. The van der Waals surface area contributed by atoms with E-state index in [1.165, 1.54) is 10.7 Å². The molecule has 1 atom stereocenters. The van der Waals surface area contributed by atoms with E-state index in [1.54, 1.807) is 7.05 Å². The number of hydrogen-bond donors (Lipinski definition) is 1. The summed E-state index contributed by atoms with van der Waals surface area (Å²) in [5.74, 6) is 0. The van der Waals surface area contributed by atoms with E-state index in [0.29, 0.717) is 6.54 Å². The lowest BCUT2D eigenvalue weighted by atomic mass is 10.1. The molecule has 0 radical (unpaired) electrons. The normalized spacial score (nSPS) is 26.1. The van der Waals surface area contributed by atoms with E-state index in [-0.39, 0.29) is 12.1 Å². The molecule has 2 rings (SSSR count). The van der Waals surface area contributed by atoms with Crippen LogP contribution in [0.2, 0.25) is 0 Å². The highest BCUT2D eigenvalue weighted by Crippen LogP contribution is 2.19. The summed E-state index contributed by atoms with van der Waals surface area (Å²) in [6.07, 6.45) is 8.62. The van der Waals surface area contributed by atoms with Gasteiger partial charge in [0.15, 0.2) is 0 Å². The fourth-order valence-corrected chi connectivity index (χ4v) is 4.01. The van der Waals surface area contributed by atoms with Gasteiger partial charge in [0.2, 0.25) is 0 Å². The topological polar surface area (TPSA) is 58.6 Å². The number of nitrogens with one attached hydrogen (secondary N) is 1. The van der Waals surface area contributed by atoms with Gasteiger partial charge in [0.05, 0.1) is 6.10 Å².